The van der Waals surface area contributed by atoms with Gasteiger partial charge in [0.1, 0.15) is 5.82 Å². The lowest BCUT2D eigenvalue weighted by atomic mass is 10.1. The quantitative estimate of drug-likeness (QED) is 0.669. The molecule has 3 N–H and O–H groups in total. The Morgan fingerprint density at radius 2 is 1.86 bits per heavy atom. The standard InChI is InChI=1S/C20H28N4O3S/c1-4-6-12-23(19(26)15-9-7-14(8-10-15)13-28-3)16-17(21)24(11-5-2)20(27)22-18(16)25/h7-10H,4-6,11-13,21H2,1-3H3,(H,22,25,27). The van der Waals surface area contributed by atoms with Crippen LogP contribution in [0.15, 0.2) is 33.9 Å². The molecule has 1 heterocycles. The number of hydrogen-bond donors (Lipinski definition) is 2. The number of nitrogens with two attached hydrogens (primary N) is 1. The lowest BCUT2D eigenvalue weighted by molar-refractivity contribution is 0.0986. The first-order valence-electron chi connectivity index (χ1n) is 9.46. The van der Waals surface area contributed by atoms with Gasteiger partial charge in [-0.25, -0.2) is 4.79 Å². The van der Waals surface area contributed by atoms with Gasteiger partial charge in [0, 0.05) is 24.4 Å². The molecule has 8 heteroatoms. The second kappa shape index (κ2) is 10.2. The molecule has 0 bridgehead atoms. The Balaban J connectivity index is 2.51. The van der Waals surface area contributed by atoms with E-state index in [4.69, 9.17) is 5.73 Å². The van der Waals surface area contributed by atoms with Crippen molar-refractivity contribution in [2.45, 2.75) is 45.4 Å². The highest BCUT2D eigenvalue weighted by molar-refractivity contribution is 7.97. The zero-order valence-electron chi connectivity index (χ0n) is 16.7. The molecule has 2 rings (SSSR count). The van der Waals surface area contributed by atoms with Gasteiger partial charge in [-0.05, 0) is 36.8 Å². The summed E-state index contributed by atoms with van der Waals surface area (Å²) < 4.78 is 1.31. The molecule has 0 aliphatic carbocycles. The molecule has 2 aromatic rings. The van der Waals surface area contributed by atoms with E-state index >= 15 is 0 Å². The fourth-order valence-corrected chi connectivity index (χ4v) is 3.51. The van der Waals surface area contributed by atoms with Gasteiger partial charge in [-0.2, -0.15) is 11.8 Å². The Hall–Kier alpha value is -2.48. The minimum absolute atomic E-state index is 0.0269. The lowest BCUT2D eigenvalue weighted by Gasteiger charge is -2.24. The van der Waals surface area contributed by atoms with E-state index in [9.17, 15) is 14.4 Å². The highest BCUT2D eigenvalue weighted by Gasteiger charge is 2.24. The summed E-state index contributed by atoms with van der Waals surface area (Å²) in [4.78, 5) is 41.5. The van der Waals surface area contributed by atoms with Crippen molar-refractivity contribution in [2.24, 2.45) is 0 Å². The zero-order chi connectivity index (χ0) is 20.7. The fraction of sp³-hybridized carbons (Fsp3) is 0.450. The molecule has 0 radical (unpaired) electrons. The molecule has 0 unspecified atom stereocenters. The first kappa shape index (κ1) is 21.8. The molecule has 0 aliphatic heterocycles. The molecule has 7 nitrogen and oxygen atoms in total. The molecule has 0 atom stereocenters. The molecule has 0 aliphatic rings. The van der Waals surface area contributed by atoms with Gasteiger partial charge in [-0.1, -0.05) is 32.4 Å². The van der Waals surface area contributed by atoms with Crippen molar-refractivity contribution in [1.82, 2.24) is 9.55 Å². The minimum Gasteiger partial charge on any atom is -0.383 e. The monoisotopic (exact) mass is 404 g/mol. The van der Waals surface area contributed by atoms with Crippen molar-refractivity contribution in [3.8, 4) is 0 Å². The molecule has 1 aromatic heterocycles. The van der Waals surface area contributed by atoms with Gasteiger partial charge < -0.3 is 10.6 Å². The number of nitrogens with zero attached hydrogens (tertiary/aromatic N) is 2. The lowest BCUT2D eigenvalue weighted by Crippen LogP contribution is -2.41. The van der Waals surface area contributed by atoms with Crippen molar-refractivity contribution >= 4 is 29.2 Å². The summed E-state index contributed by atoms with van der Waals surface area (Å²) in [5.74, 6) is 0.588. The number of carbonyl (C=O) groups is 1. The van der Waals surface area contributed by atoms with Gasteiger partial charge in [0.05, 0.1) is 0 Å². The van der Waals surface area contributed by atoms with Crippen LogP contribution in [0.3, 0.4) is 0 Å². The van der Waals surface area contributed by atoms with Crippen LogP contribution in [0.5, 0.6) is 0 Å². The Labute approximate surface area is 168 Å². The van der Waals surface area contributed by atoms with Crippen molar-refractivity contribution in [1.29, 1.82) is 0 Å². The predicted molar refractivity (Wildman–Crippen MR) is 116 cm³/mol. The molecule has 0 spiro atoms. The number of anilines is 2. The van der Waals surface area contributed by atoms with Crippen LogP contribution in [0.25, 0.3) is 0 Å². The summed E-state index contributed by atoms with van der Waals surface area (Å²) in [5.41, 5.74) is 6.62. The van der Waals surface area contributed by atoms with Crippen LogP contribution in [0.4, 0.5) is 11.5 Å². The van der Waals surface area contributed by atoms with E-state index in [0.717, 1.165) is 17.7 Å². The van der Waals surface area contributed by atoms with Crippen LogP contribution >= 0.6 is 11.8 Å². The molecular weight excluding hydrogens is 376 g/mol. The smallest absolute Gasteiger partial charge is 0.330 e. The summed E-state index contributed by atoms with van der Waals surface area (Å²) in [6.07, 6.45) is 4.26. The number of thioether (sulfide) groups is 1. The number of H-pyrrole nitrogens is 1. The third kappa shape index (κ3) is 4.86. The summed E-state index contributed by atoms with van der Waals surface area (Å²) in [6.45, 7) is 4.63. The van der Waals surface area contributed by atoms with Gasteiger partial charge in [0.2, 0.25) is 0 Å². The minimum atomic E-state index is -0.640. The summed E-state index contributed by atoms with van der Waals surface area (Å²) in [6, 6.07) is 7.35. The van der Waals surface area contributed by atoms with Crippen LogP contribution in [-0.4, -0.2) is 28.3 Å². The van der Waals surface area contributed by atoms with E-state index in [1.54, 1.807) is 23.9 Å². The number of rotatable bonds is 9. The predicted octanol–water partition coefficient (Wildman–Crippen LogP) is 2.84. The van der Waals surface area contributed by atoms with E-state index in [0.29, 0.717) is 31.5 Å². The van der Waals surface area contributed by atoms with Crippen LogP contribution < -0.4 is 21.9 Å². The Morgan fingerprint density at radius 1 is 1.18 bits per heavy atom. The molecule has 1 amide bonds. The molecule has 0 saturated heterocycles. The second-order valence-electron chi connectivity index (χ2n) is 6.59. The van der Waals surface area contributed by atoms with Crippen LogP contribution in [0.1, 0.15) is 49.0 Å². The molecule has 28 heavy (non-hydrogen) atoms. The summed E-state index contributed by atoms with van der Waals surface area (Å²) >= 11 is 1.71. The summed E-state index contributed by atoms with van der Waals surface area (Å²) in [5, 5.41) is 0. The fourth-order valence-electron chi connectivity index (χ4n) is 2.98. The van der Waals surface area contributed by atoms with Gasteiger partial charge in [0.15, 0.2) is 5.69 Å². The Bertz CT molecular complexity index is 919. The maximum absolute atomic E-state index is 13.2. The number of aromatic nitrogens is 2. The maximum Gasteiger partial charge on any atom is 0.330 e. The number of benzene rings is 1. The van der Waals surface area contributed by atoms with Crippen LogP contribution in [0, 0.1) is 0 Å². The number of aromatic amines is 1. The second-order valence-corrected chi connectivity index (χ2v) is 7.45. The topological polar surface area (TPSA) is 101 Å². The largest absolute Gasteiger partial charge is 0.383 e. The number of hydrogen-bond acceptors (Lipinski definition) is 5. The van der Waals surface area contributed by atoms with Gasteiger partial charge in [-0.3, -0.25) is 19.1 Å². The zero-order valence-corrected chi connectivity index (χ0v) is 17.5. The van der Waals surface area contributed by atoms with E-state index < -0.39 is 11.2 Å². The number of unbranched alkanes of at least 4 members (excludes halogenated alkanes) is 1. The van der Waals surface area contributed by atoms with E-state index in [2.05, 4.69) is 4.98 Å². The normalized spacial score (nSPS) is 10.8. The van der Waals surface area contributed by atoms with E-state index in [1.165, 1.54) is 9.47 Å². The van der Waals surface area contributed by atoms with Crippen molar-refractivity contribution in [3.05, 3.63) is 56.2 Å². The highest BCUT2D eigenvalue weighted by atomic mass is 32.2. The molecular formula is C20H28N4O3S. The van der Waals surface area contributed by atoms with Crippen LogP contribution in [0.2, 0.25) is 0 Å². The first-order chi connectivity index (χ1) is 13.4. The Morgan fingerprint density at radius 3 is 2.43 bits per heavy atom. The van der Waals surface area contributed by atoms with E-state index in [-0.39, 0.29) is 17.4 Å². The number of nitrogens with one attached hydrogen (secondary N) is 1. The van der Waals surface area contributed by atoms with Gasteiger partial charge in [0.25, 0.3) is 11.5 Å². The number of carbonyl (C=O) groups excluding carboxylic acids is 1. The van der Waals surface area contributed by atoms with Crippen molar-refractivity contribution < 1.29 is 4.79 Å². The Kier molecular flexibility index (Phi) is 7.92. The average molecular weight is 405 g/mol. The third-order valence-electron chi connectivity index (χ3n) is 4.42. The van der Waals surface area contributed by atoms with Crippen molar-refractivity contribution in [2.75, 3.05) is 23.4 Å². The molecule has 0 fully saturated rings. The van der Waals surface area contributed by atoms with E-state index in [1.807, 2.05) is 32.2 Å². The summed E-state index contributed by atoms with van der Waals surface area (Å²) in [7, 11) is 0. The third-order valence-corrected chi connectivity index (χ3v) is 5.05. The first-order valence-corrected chi connectivity index (χ1v) is 10.9. The SMILES string of the molecule is CCCCN(C(=O)c1ccc(CSC)cc1)c1c(N)n(CCC)c(=O)[nH]c1=O. The number of nitrogen functional groups attached to an aromatic ring is 1. The van der Waals surface area contributed by atoms with Gasteiger partial charge in [-0.15, -0.1) is 0 Å². The number of amides is 1. The maximum atomic E-state index is 13.2. The van der Waals surface area contributed by atoms with Gasteiger partial charge >= 0.3 is 5.69 Å². The molecule has 152 valence electrons. The van der Waals surface area contributed by atoms with Crippen molar-refractivity contribution in [3.63, 3.8) is 0 Å². The highest BCUT2D eigenvalue weighted by Crippen LogP contribution is 2.21. The van der Waals surface area contributed by atoms with Crippen LogP contribution in [-0.2, 0) is 12.3 Å². The average Bonchev–Trinajstić information content (AvgIpc) is 2.68. The molecule has 1 aromatic carbocycles. The molecule has 0 saturated carbocycles.